The molecule has 6 rings (SSSR count). The Morgan fingerprint density at radius 3 is 1.25 bits per heavy atom. The van der Waals surface area contributed by atoms with Gasteiger partial charge in [0.2, 0.25) is 59.1 Å². The fourth-order valence-electron chi connectivity index (χ4n) is 14.4. The minimum atomic E-state index is -1.52. The summed E-state index contributed by atoms with van der Waals surface area (Å²) in [6.45, 7) is 16.0. The molecule has 1 aliphatic carbocycles. The maximum atomic E-state index is 15.6. The Labute approximate surface area is 721 Å². The predicted molar refractivity (Wildman–Crippen MR) is 471 cm³/mol. The lowest BCUT2D eigenvalue weighted by Crippen LogP contribution is -2.61. The Morgan fingerprint density at radius 1 is 0.447 bits per heavy atom. The van der Waals surface area contributed by atoms with E-state index in [0.717, 1.165) is 22.3 Å². The van der Waals surface area contributed by atoms with Gasteiger partial charge in [0.15, 0.2) is 23.5 Å². The van der Waals surface area contributed by atoms with Crippen LogP contribution in [-0.4, -0.2) is 188 Å². The first kappa shape index (κ1) is 99.5. The molecule has 5 aromatic rings. The summed E-state index contributed by atoms with van der Waals surface area (Å²) in [5, 5.41) is 67.7. The van der Waals surface area contributed by atoms with Crippen LogP contribution in [0.3, 0.4) is 0 Å². The van der Waals surface area contributed by atoms with Crippen molar-refractivity contribution in [2.45, 2.75) is 225 Å². The second kappa shape index (κ2) is 50.2. The fraction of sp³-hybridized carbons (Fsp3) is 0.484. The molecule has 666 valence electrons. The first-order chi connectivity index (χ1) is 58.6. The third-order valence-electron chi connectivity index (χ3n) is 20.9. The van der Waals surface area contributed by atoms with Gasteiger partial charge in [0, 0.05) is 71.5 Å². The minimum Gasteiger partial charge on any atom is -0.480 e. The van der Waals surface area contributed by atoms with Crippen molar-refractivity contribution in [1.29, 1.82) is 10.8 Å². The highest BCUT2D eigenvalue weighted by molar-refractivity contribution is 6.22. The molecule has 10 amide bonds. The first-order valence-corrected chi connectivity index (χ1v) is 42.4. The number of rotatable bonds is 49. The summed E-state index contributed by atoms with van der Waals surface area (Å²) >= 11 is 0. The van der Waals surface area contributed by atoms with Crippen molar-refractivity contribution in [2.24, 2.45) is 23.0 Å². The summed E-state index contributed by atoms with van der Waals surface area (Å²) in [6.07, 6.45) is 0.451. The number of hydrogen-bond acceptors (Lipinski definition) is 17. The van der Waals surface area contributed by atoms with E-state index in [0.29, 0.717) is 29.7 Å². The molecule has 0 spiro atoms. The standard InChI is InChI=1S/C91H128N18O14/c1-12-65(81(117)107-72(51-60-29-17-13-18-30-60)87(123)106-71(50-57(4)5)85(121)103-66(80(116)100-55-77(113)114)38-27-47-98-88(93)95-10)101-82(118)68(39-28-48-99-89(94)96-11)105-86(122)73(52-61-42-40-58(6)41-43-61)108-83(119)67(37-25-26-46-97-70(49-56(2)3)78-74(110)53-90(8,9)54-75(78)111)104-84(120)69(102-79(115)59(7)92)44-45-76(112)109-91(62-31-19-14-20-32-62,63-33-21-15-22-34-63)64-35-23-16-24-36-64/h13-24,29-36,40-43,56-57,59,65-69,71-73,97H,12,25-28,37-39,44-55,92H2,1-11H3,(H,100,116)(H,101,118)(H,102,115)(H,103,121)(H,104,120)(H,105,122)(H,106,123)(H,107,117)(H,108,119)(H,109,112)(H,113,114)(H3,93,95,98)(H3,94,96,99)/t59?,65-,66?,67-,68?,69-,71-,72-,73-/m0/s1. The van der Waals surface area contributed by atoms with Crippen LogP contribution in [0.4, 0.5) is 0 Å². The van der Waals surface area contributed by atoms with Crippen LogP contribution in [0.25, 0.3) is 0 Å². The highest BCUT2D eigenvalue weighted by atomic mass is 16.4. The number of guanidine groups is 2. The van der Waals surface area contributed by atoms with E-state index in [1.807, 2.05) is 126 Å². The van der Waals surface area contributed by atoms with Crippen LogP contribution >= 0.6 is 0 Å². The third kappa shape index (κ3) is 32.9. The van der Waals surface area contributed by atoms with Gasteiger partial charge in [-0.15, -0.1) is 0 Å². The van der Waals surface area contributed by atoms with Gasteiger partial charge in [-0.1, -0.05) is 200 Å². The summed E-state index contributed by atoms with van der Waals surface area (Å²) in [5.41, 5.74) is 9.21. The van der Waals surface area contributed by atoms with Crippen LogP contribution in [0.5, 0.6) is 0 Å². The number of nitrogens with one attached hydrogen (secondary N) is 17. The number of benzene rings is 5. The van der Waals surface area contributed by atoms with Crippen molar-refractivity contribution >= 4 is 88.5 Å². The second-order valence-electron chi connectivity index (χ2n) is 32.9. The number of hydrogen-bond donors (Lipinski definition) is 19. The molecule has 32 nitrogen and oxygen atoms in total. The van der Waals surface area contributed by atoms with Crippen LogP contribution in [-0.2, 0) is 80.7 Å². The average molecular weight is 1700 g/mol. The Morgan fingerprint density at radius 2 is 0.821 bits per heavy atom. The average Bonchev–Trinajstić information content (AvgIpc) is 0.753. The molecule has 0 bridgehead atoms. The number of carbonyl (C=O) groups is 13. The Kier molecular flexibility index (Phi) is 40.6. The molecule has 0 saturated heterocycles. The van der Waals surface area contributed by atoms with Crippen LogP contribution in [0.1, 0.15) is 179 Å². The molecular formula is C91H128N18O14. The van der Waals surface area contributed by atoms with Gasteiger partial charge in [-0.3, -0.25) is 73.1 Å². The smallest absolute Gasteiger partial charge is 0.322 e. The number of aliphatic carboxylic acids is 1. The van der Waals surface area contributed by atoms with Crippen LogP contribution in [0.15, 0.2) is 157 Å². The van der Waals surface area contributed by atoms with E-state index in [4.69, 9.17) is 16.6 Å². The largest absolute Gasteiger partial charge is 0.480 e. The summed E-state index contributed by atoms with van der Waals surface area (Å²) in [6, 6.07) is 31.4. The molecule has 123 heavy (non-hydrogen) atoms. The molecule has 1 aliphatic rings. The topological polar surface area (TPSA) is 496 Å². The van der Waals surface area contributed by atoms with Crippen molar-refractivity contribution in [3.8, 4) is 0 Å². The molecule has 5 aromatic carbocycles. The van der Waals surface area contributed by atoms with Crippen LogP contribution in [0.2, 0.25) is 0 Å². The fourth-order valence-corrected chi connectivity index (χ4v) is 14.4. The first-order valence-electron chi connectivity index (χ1n) is 42.4. The SMILES string of the molecule is CC[C@H](NC(=O)C(CCCNC(=N)NC)NC(=O)[C@H](Cc1ccc(C)cc1)NC(=O)[C@H](CCCCNC(CC(C)C)=C1C(=O)CC(C)(C)CC1=O)NC(=O)[C@H](CCC(=O)NC(c1ccccc1)(c1ccccc1)c1ccccc1)NC(=O)C(C)N)C(=O)N[C@@H](Cc1ccccc1)C(=O)N[C@@H](CC(C)C)C(=O)NC(CCCNC(=N)NC)C(=O)NCC(=O)O. The lowest BCUT2D eigenvalue weighted by atomic mass is 9.73. The number of allylic oxidation sites excluding steroid dienone is 2. The zero-order valence-electron chi connectivity index (χ0n) is 72.7. The zero-order valence-corrected chi connectivity index (χ0v) is 72.7. The number of carboxylic acid groups (broad SMARTS) is 1. The molecule has 3 unspecified atom stereocenters. The lowest BCUT2D eigenvalue weighted by molar-refractivity contribution is -0.138. The maximum Gasteiger partial charge on any atom is 0.322 e. The van der Waals surface area contributed by atoms with Gasteiger partial charge < -0.3 is 90.6 Å². The molecular weight excluding hydrogens is 1570 g/mol. The number of unbranched alkanes of at least 4 members (excludes halogenated alkanes) is 1. The molecule has 0 heterocycles. The van der Waals surface area contributed by atoms with Crippen molar-refractivity contribution in [1.82, 2.24) is 79.8 Å². The van der Waals surface area contributed by atoms with Crippen LogP contribution < -0.4 is 85.5 Å². The highest BCUT2D eigenvalue weighted by Crippen LogP contribution is 2.38. The number of aryl methyl sites for hydroxylation is 1. The van der Waals surface area contributed by atoms with Crippen molar-refractivity contribution in [3.63, 3.8) is 0 Å². The Bertz CT molecular complexity index is 4300. The van der Waals surface area contributed by atoms with E-state index >= 15 is 19.2 Å². The van der Waals surface area contributed by atoms with E-state index in [2.05, 4.69) is 79.8 Å². The number of ketones is 2. The van der Waals surface area contributed by atoms with Gasteiger partial charge in [-0.25, -0.2) is 0 Å². The van der Waals surface area contributed by atoms with E-state index in [-0.39, 0.29) is 150 Å². The molecule has 0 radical (unpaired) electrons. The van der Waals surface area contributed by atoms with E-state index in [1.54, 1.807) is 82.4 Å². The zero-order chi connectivity index (χ0) is 90.3. The van der Waals surface area contributed by atoms with Crippen molar-refractivity contribution in [2.75, 3.05) is 40.3 Å². The highest BCUT2D eigenvalue weighted by Gasteiger charge is 2.41. The van der Waals surface area contributed by atoms with Gasteiger partial charge >= 0.3 is 5.97 Å². The molecule has 32 heteroatoms. The van der Waals surface area contributed by atoms with Gasteiger partial charge in [0.25, 0.3) is 0 Å². The second-order valence-corrected chi connectivity index (χ2v) is 32.9. The van der Waals surface area contributed by atoms with Gasteiger partial charge in [0.1, 0.15) is 60.4 Å². The Hall–Kier alpha value is -12.3. The van der Waals surface area contributed by atoms with E-state index in [9.17, 15) is 48.3 Å². The quantitative estimate of drug-likeness (QED) is 0.00631. The summed E-state index contributed by atoms with van der Waals surface area (Å²) in [4.78, 5) is 186. The summed E-state index contributed by atoms with van der Waals surface area (Å²) in [7, 11) is 3.07. The van der Waals surface area contributed by atoms with Gasteiger partial charge in [-0.05, 0) is 130 Å². The summed E-state index contributed by atoms with van der Waals surface area (Å²) < 4.78 is 0. The number of carbonyl (C=O) groups excluding carboxylic acids is 12. The van der Waals surface area contributed by atoms with Crippen molar-refractivity contribution in [3.05, 3.63) is 190 Å². The van der Waals surface area contributed by atoms with Crippen molar-refractivity contribution < 1.29 is 67.4 Å². The Balaban J connectivity index is 1.34. The molecule has 0 aliphatic heterocycles. The normalized spacial score (nSPS) is 14.6. The van der Waals surface area contributed by atoms with Crippen LogP contribution in [0, 0.1) is 35.0 Å². The molecule has 1 fully saturated rings. The number of nitrogens with two attached hydrogens (primary N) is 1. The monoisotopic (exact) mass is 1700 g/mol. The lowest BCUT2D eigenvalue weighted by Gasteiger charge is -2.37. The number of carboxylic acids is 1. The summed E-state index contributed by atoms with van der Waals surface area (Å²) in [5.74, 6) is -10.1. The predicted octanol–water partition coefficient (Wildman–Crippen LogP) is 4.62. The van der Waals surface area contributed by atoms with Gasteiger partial charge in [-0.2, -0.15) is 0 Å². The number of Topliss-reactive ketones (excluding diaryl/α,β-unsaturated/α-hetero) is 2. The molecule has 9 atom stereocenters. The van der Waals surface area contributed by atoms with E-state index < -0.39 is 137 Å². The van der Waals surface area contributed by atoms with E-state index in [1.165, 1.54) is 14.0 Å². The molecule has 0 aromatic heterocycles. The van der Waals surface area contributed by atoms with Gasteiger partial charge in [0.05, 0.1) is 11.6 Å². The molecule has 20 N–H and O–H groups in total. The minimum absolute atomic E-state index is 0.00193. The maximum absolute atomic E-state index is 15.6. The number of amides is 10. The molecule has 1 saturated carbocycles. The third-order valence-corrected chi connectivity index (χ3v) is 20.9.